The molecule has 0 aliphatic carbocycles. The van der Waals surface area contributed by atoms with E-state index in [1.54, 1.807) is 0 Å². The first-order valence-corrected chi connectivity index (χ1v) is 5.35. The highest BCUT2D eigenvalue weighted by Gasteiger charge is 2.36. The van der Waals surface area contributed by atoms with Crippen LogP contribution in [0.5, 0.6) is 0 Å². The van der Waals surface area contributed by atoms with E-state index >= 15 is 0 Å². The summed E-state index contributed by atoms with van der Waals surface area (Å²) in [6.45, 7) is 0.0778. The molecule has 1 saturated heterocycles. The van der Waals surface area contributed by atoms with Crippen LogP contribution in [0.2, 0.25) is 0 Å². The van der Waals surface area contributed by atoms with Gasteiger partial charge < -0.3 is 9.64 Å². The Morgan fingerprint density at radius 2 is 1.94 bits per heavy atom. The highest BCUT2D eigenvalue weighted by Crippen LogP contribution is 2.27. The van der Waals surface area contributed by atoms with Gasteiger partial charge in [-0.1, -0.05) is 0 Å². The van der Waals surface area contributed by atoms with Crippen LogP contribution < -0.4 is 4.90 Å². The first-order chi connectivity index (χ1) is 8.51. The molecule has 1 aliphatic heterocycles. The van der Waals surface area contributed by atoms with Gasteiger partial charge in [0.15, 0.2) is 0 Å². The Balaban J connectivity index is 2.24. The topological polar surface area (TPSA) is 46.6 Å². The van der Waals surface area contributed by atoms with Crippen molar-refractivity contribution in [3.05, 3.63) is 29.8 Å². The molecule has 96 valence electrons. The number of benzene rings is 1. The molecule has 0 radical (unpaired) electrons. The van der Waals surface area contributed by atoms with Crippen molar-refractivity contribution in [2.45, 2.75) is 6.42 Å². The summed E-state index contributed by atoms with van der Waals surface area (Å²) in [4.78, 5) is 24.2. The van der Waals surface area contributed by atoms with Crippen molar-refractivity contribution in [3.63, 3.8) is 0 Å². The summed E-state index contributed by atoms with van der Waals surface area (Å²) >= 11 is 0. The lowest BCUT2D eigenvalue weighted by Crippen LogP contribution is -2.26. The Morgan fingerprint density at radius 1 is 1.33 bits per heavy atom. The monoisotopic (exact) mass is 255 g/mol. The number of nitrogens with zero attached hydrogens (tertiary/aromatic N) is 1. The third-order valence-corrected chi connectivity index (χ3v) is 2.82. The van der Waals surface area contributed by atoms with Crippen LogP contribution in [-0.4, -0.2) is 25.5 Å². The lowest BCUT2D eigenvalue weighted by molar-refractivity contribution is -0.145. The molecule has 2 rings (SSSR count). The predicted molar refractivity (Wildman–Crippen MR) is 58.8 cm³/mol. The maximum atomic E-state index is 13.1. The van der Waals surface area contributed by atoms with E-state index in [0.29, 0.717) is 0 Å². The van der Waals surface area contributed by atoms with Gasteiger partial charge in [0, 0.05) is 24.7 Å². The number of ether oxygens (including phenoxy) is 1. The second-order valence-corrected chi connectivity index (χ2v) is 4.06. The quantitative estimate of drug-likeness (QED) is 0.752. The molecule has 0 saturated carbocycles. The number of anilines is 1. The third kappa shape index (κ3) is 2.32. The maximum absolute atomic E-state index is 13.1. The van der Waals surface area contributed by atoms with Crippen molar-refractivity contribution < 1.29 is 23.1 Å². The number of amides is 1. The Labute approximate surface area is 102 Å². The fourth-order valence-electron chi connectivity index (χ4n) is 1.98. The van der Waals surface area contributed by atoms with Crippen molar-refractivity contribution in [1.29, 1.82) is 0 Å². The molecule has 1 aromatic rings. The highest BCUT2D eigenvalue weighted by atomic mass is 19.1. The smallest absolute Gasteiger partial charge is 0.311 e. The van der Waals surface area contributed by atoms with Gasteiger partial charge in [0.05, 0.1) is 13.0 Å². The van der Waals surface area contributed by atoms with Crippen LogP contribution >= 0.6 is 0 Å². The molecule has 0 bridgehead atoms. The van der Waals surface area contributed by atoms with Crippen molar-refractivity contribution in [2.24, 2.45) is 5.92 Å². The Morgan fingerprint density at radius 3 is 2.50 bits per heavy atom. The van der Waals surface area contributed by atoms with Gasteiger partial charge in [-0.2, -0.15) is 0 Å². The van der Waals surface area contributed by atoms with E-state index in [4.69, 9.17) is 0 Å². The molecule has 1 atom stereocenters. The molecule has 1 unspecified atom stereocenters. The number of hydrogen-bond acceptors (Lipinski definition) is 3. The molecule has 4 nitrogen and oxygen atoms in total. The van der Waals surface area contributed by atoms with Gasteiger partial charge in [-0.05, 0) is 12.1 Å². The molecule has 0 spiro atoms. The SMILES string of the molecule is COC(=O)C1CC(=O)N(c2cc(F)cc(F)c2)C1. The minimum Gasteiger partial charge on any atom is -0.469 e. The largest absolute Gasteiger partial charge is 0.469 e. The zero-order valence-electron chi connectivity index (χ0n) is 9.65. The van der Waals surface area contributed by atoms with Crippen LogP contribution in [0.1, 0.15) is 6.42 Å². The van der Waals surface area contributed by atoms with Crippen LogP contribution in [-0.2, 0) is 14.3 Å². The first kappa shape index (κ1) is 12.5. The predicted octanol–water partition coefficient (Wildman–Crippen LogP) is 1.49. The Kier molecular flexibility index (Phi) is 3.27. The Hall–Kier alpha value is -1.98. The molecule has 0 aromatic heterocycles. The molecule has 1 aliphatic rings. The number of esters is 1. The highest BCUT2D eigenvalue weighted by molar-refractivity contribution is 5.99. The van der Waals surface area contributed by atoms with Gasteiger partial charge in [-0.25, -0.2) is 8.78 Å². The maximum Gasteiger partial charge on any atom is 0.311 e. The minimum atomic E-state index is -0.765. The van der Waals surface area contributed by atoms with Crippen LogP contribution in [0.4, 0.5) is 14.5 Å². The first-order valence-electron chi connectivity index (χ1n) is 5.35. The number of methoxy groups -OCH3 is 1. The van der Waals surface area contributed by atoms with Crippen LogP contribution in [0.3, 0.4) is 0 Å². The summed E-state index contributed by atoms with van der Waals surface area (Å²) in [5, 5.41) is 0. The normalized spacial score (nSPS) is 19.2. The van der Waals surface area contributed by atoms with E-state index in [2.05, 4.69) is 4.74 Å². The van der Waals surface area contributed by atoms with Gasteiger partial charge in [-0.15, -0.1) is 0 Å². The van der Waals surface area contributed by atoms with E-state index < -0.39 is 23.5 Å². The van der Waals surface area contributed by atoms with Gasteiger partial charge in [-0.3, -0.25) is 9.59 Å². The van der Waals surface area contributed by atoms with Crippen LogP contribution in [0, 0.1) is 17.6 Å². The fourth-order valence-corrected chi connectivity index (χ4v) is 1.98. The zero-order valence-corrected chi connectivity index (χ0v) is 9.65. The van der Waals surface area contributed by atoms with E-state index in [-0.39, 0.29) is 24.6 Å². The van der Waals surface area contributed by atoms with Gasteiger partial charge in [0.2, 0.25) is 5.91 Å². The van der Waals surface area contributed by atoms with Gasteiger partial charge >= 0.3 is 5.97 Å². The van der Waals surface area contributed by atoms with E-state index in [0.717, 1.165) is 18.2 Å². The molecule has 0 N–H and O–H groups in total. The molecule has 1 aromatic carbocycles. The van der Waals surface area contributed by atoms with E-state index in [9.17, 15) is 18.4 Å². The van der Waals surface area contributed by atoms with Gasteiger partial charge in [0.1, 0.15) is 11.6 Å². The molecule has 18 heavy (non-hydrogen) atoms. The standard InChI is InChI=1S/C12H11F2NO3/c1-18-12(17)7-2-11(16)15(6-7)10-4-8(13)3-9(14)5-10/h3-5,7H,2,6H2,1H3. The lowest BCUT2D eigenvalue weighted by atomic mass is 10.1. The molecule has 1 amide bonds. The summed E-state index contributed by atoms with van der Waals surface area (Å²) in [6.07, 6.45) is -0.00912. The summed E-state index contributed by atoms with van der Waals surface area (Å²) < 4.78 is 30.7. The third-order valence-electron chi connectivity index (χ3n) is 2.82. The average Bonchev–Trinajstić information content (AvgIpc) is 2.69. The number of rotatable bonds is 2. The summed E-state index contributed by atoms with van der Waals surface area (Å²) in [6, 6.07) is 2.84. The summed E-state index contributed by atoms with van der Waals surface area (Å²) in [5.74, 6) is -2.97. The molecule has 1 heterocycles. The van der Waals surface area contributed by atoms with E-state index in [1.165, 1.54) is 12.0 Å². The van der Waals surface area contributed by atoms with Crippen molar-refractivity contribution in [1.82, 2.24) is 0 Å². The second-order valence-electron chi connectivity index (χ2n) is 4.06. The van der Waals surface area contributed by atoms with Crippen molar-refractivity contribution in [2.75, 3.05) is 18.6 Å². The summed E-state index contributed by atoms with van der Waals surface area (Å²) in [5.41, 5.74) is 0.115. The molecular weight excluding hydrogens is 244 g/mol. The van der Waals surface area contributed by atoms with Gasteiger partial charge in [0.25, 0.3) is 0 Å². The zero-order chi connectivity index (χ0) is 13.3. The van der Waals surface area contributed by atoms with Crippen LogP contribution in [0.25, 0.3) is 0 Å². The summed E-state index contributed by atoms with van der Waals surface area (Å²) in [7, 11) is 1.23. The molecule has 6 heteroatoms. The molecule has 1 fully saturated rings. The number of hydrogen-bond donors (Lipinski definition) is 0. The average molecular weight is 255 g/mol. The van der Waals surface area contributed by atoms with Crippen LogP contribution in [0.15, 0.2) is 18.2 Å². The fraction of sp³-hybridized carbons (Fsp3) is 0.333. The second kappa shape index (κ2) is 4.72. The minimum absolute atomic E-state index is 0.00912. The lowest BCUT2D eigenvalue weighted by Gasteiger charge is -2.16. The van der Waals surface area contributed by atoms with Crippen molar-refractivity contribution >= 4 is 17.6 Å². The number of halogens is 2. The van der Waals surface area contributed by atoms with E-state index in [1.807, 2.05) is 0 Å². The number of carbonyl (C=O) groups excluding carboxylic acids is 2. The number of carbonyl (C=O) groups is 2. The molecular formula is C12H11F2NO3. The Bertz CT molecular complexity index is 484. The van der Waals surface area contributed by atoms with Crippen molar-refractivity contribution in [3.8, 4) is 0 Å².